The van der Waals surface area contributed by atoms with Gasteiger partial charge in [0.2, 0.25) is 0 Å². The Labute approximate surface area is 104 Å². The lowest BCUT2D eigenvalue weighted by Crippen LogP contribution is -1.99. The number of halogens is 1. The second-order valence-corrected chi connectivity index (χ2v) is 4.79. The maximum atomic E-state index is 5.76. The SMILES string of the molecule is Cc1ccc(CN)c(-c2cccc(Br)c2)c1. The molecule has 0 saturated carbocycles. The van der Waals surface area contributed by atoms with Crippen LogP contribution in [0.3, 0.4) is 0 Å². The van der Waals surface area contributed by atoms with E-state index < -0.39 is 0 Å². The van der Waals surface area contributed by atoms with Gasteiger partial charge in [0.1, 0.15) is 0 Å². The zero-order valence-corrected chi connectivity index (χ0v) is 10.8. The van der Waals surface area contributed by atoms with Crippen molar-refractivity contribution in [3.8, 4) is 11.1 Å². The molecule has 2 aromatic carbocycles. The Hall–Kier alpha value is -1.12. The van der Waals surface area contributed by atoms with Gasteiger partial charge in [-0.25, -0.2) is 0 Å². The Kier molecular flexibility index (Phi) is 3.42. The van der Waals surface area contributed by atoms with Gasteiger partial charge in [-0.2, -0.15) is 0 Å². The molecule has 0 heterocycles. The van der Waals surface area contributed by atoms with Crippen molar-refractivity contribution < 1.29 is 0 Å². The summed E-state index contributed by atoms with van der Waals surface area (Å²) < 4.78 is 1.09. The van der Waals surface area contributed by atoms with Crippen molar-refractivity contribution in [2.75, 3.05) is 0 Å². The van der Waals surface area contributed by atoms with Crippen LogP contribution in [0.2, 0.25) is 0 Å². The van der Waals surface area contributed by atoms with Crippen LogP contribution in [0, 0.1) is 6.92 Å². The first-order valence-electron chi connectivity index (χ1n) is 5.26. The smallest absolute Gasteiger partial charge is 0.0184 e. The first kappa shape index (κ1) is 11.4. The van der Waals surface area contributed by atoms with Gasteiger partial charge in [0, 0.05) is 11.0 Å². The van der Waals surface area contributed by atoms with Crippen LogP contribution in [0.1, 0.15) is 11.1 Å². The van der Waals surface area contributed by atoms with E-state index in [1.54, 1.807) is 0 Å². The van der Waals surface area contributed by atoms with E-state index in [1.165, 1.54) is 22.3 Å². The third-order valence-corrected chi connectivity index (χ3v) is 3.11. The first-order valence-corrected chi connectivity index (χ1v) is 6.05. The van der Waals surface area contributed by atoms with Crippen LogP contribution in [0.4, 0.5) is 0 Å². The summed E-state index contributed by atoms with van der Waals surface area (Å²) in [6.45, 7) is 2.67. The van der Waals surface area contributed by atoms with Crippen molar-refractivity contribution in [3.63, 3.8) is 0 Å². The van der Waals surface area contributed by atoms with Crippen molar-refractivity contribution >= 4 is 15.9 Å². The van der Waals surface area contributed by atoms with Crippen molar-refractivity contribution in [2.45, 2.75) is 13.5 Å². The minimum atomic E-state index is 0.572. The fourth-order valence-electron chi connectivity index (χ4n) is 1.79. The van der Waals surface area contributed by atoms with Crippen LogP contribution in [0.25, 0.3) is 11.1 Å². The summed E-state index contributed by atoms with van der Waals surface area (Å²) in [6, 6.07) is 14.7. The van der Waals surface area contributed by atoms with E-state index in [4.69, 9.17) is 5.73 Å². The Morgan fingerprint density at radius 2 is 1.94 bits per heavy atom. The van der Waals surface area contributed by atoms with E-state index in [9.17, 15) is 0 Å². The summed E-state index contributed by atoms with van der Waals surface area (Å²) in [4.78, 5) is 0. The lowest BCUT2D eigenvalue weighted by molar-refractivity contribution is 1.07. The summed E-state index contributed by atoms with van der Waals surface area (Å²) in [7, 11) is 0. The van der Waals surface area contributed by atoms with E-state index in [1.807, 2.05) is 12.1 Å². The number of hydrogen-bond acceptors (Lipinski definition) is 1. The molecular formula is C14H14BrN. The molecule has 82 valence electrons. The molecule has 0 radical (unpaired) electrons. The topological polar surface area (TPSA) is 26.0 Å². The molecule has 1 nitrogen and oxygen atoms in total. The maximum absolute atomic E-state index is 5.76. The normalized spacial score (nSPS) is 10.4. The highest BCUT2D eigenvalue weighted by Gasteiger charge is 2.04. The third kappa shape index (κ3) is 2.34. The van der Waals surface area contributed by atoms with Crippen LogP contribution in [0.5, 0.6) is 0 Å². The largest absolute Gasteiger partial charge is 0.326 e. The number of hydrogen-bond donors (Lipinski definition) is 1. The molecule has 0 fully saturated rings. The minimum absolute atomic E-state index is 0.572. The molecule has 0 aromatic heterocycles. The number of rotatable bonds is 2. The third-order valence-electron chi connectivity index (χ3n) is 2.62. The molecule has 16 heavy (non-hydrogen) atoms. The van der Waals surface area contributed by atoms with Gasteiger partial charge in [0.15, 0.2) is 0 Å². The molecule has 0 bridgehead atoms. The fraction of sp³-hybridized carbons (Fsp3) is 0.143. The summed E-state index contributed by atoms with van der Waals surface area (Å²) >= 11 is 3.49. The summed E-state index contributed by atoms with van der Waals surface area (Å²) in [5.41, 5.74) is 10.6. The van der Waals surface area contributed by atoms with Crippen molar-refractivity contribution in [3.05, 3.63) is 58.1 Å². The summed E-state index contributed by atoms with van der Waals surface area (Å²) in [5, 5.41) is 0. The quantitative estimate of drug-likeness (QED) is 0.885. The average Bonchev–Trinajstić information content (AvgIpc) is 2.29. The van der Waals surface area contributed by atoms with Gasteiger partial charge in [-0.15, -0.1) is 0 Å². The van der Waals surface area contributed by atoms with Gasteiger partial charge in [0.05, 0.1) is 0 Å². The molecule has 0 aliphatic rings. The lowest BCUT2D eigenvalue weighted by atomic mass is 9.98. The van der Waals surface area contributed by atoms with Crippen molar-refractivity contribution in [1.82, 2.24) is 0 Å². The molecule has 2 aromatic rings. The first-order chi connectivity index (χ1) is 7.70. The zero-order valence-electron chi connectivity index (χ0n) is 9.20. The maximum Gasteiger partial charge on any atom is 0.0184 e. The van der Waals surface area contributed by atoms with Gasteiger partial charge in [0.25, 0.3) is 0 Å². The van der Waals surface area contributed by atoms with Gasteiger partial charge < -0.3 is 5.73 Å². The lowest BCUT2D eigenvalue weighted by Gasteiger charge is -2.09. The molecule has 0 amide bonds. The van der Waals surface area contributed by atoms with Gasteiger partial charge >= 0.3 is 0 Å². The molecule has 2 rings (SSSR count). The van der Waals surface area contributed by atoms with Crippen molar-refractivity contribution in [2.24, 2.45) is 5.73 Å². The number of benzene rings is 2. The van der Waals surface area contributed by atoms with Gasteiger partial charge in [-0.05, 0) is 35.7 Å². The number of aryl methyl sites for hydroxylation is 1. The molecule has 0 aliphatic heterocycles. The van der Waals surface area contributed by atoms with Crippen LogP contribution >= 0.6 is 15.9 Å². The van der Waals surface area contributed by atoms with Gasteiger partial charge in [-0.1, -0.05) is 51.8 Å². The second-order valence-electron chi connectivity index (χ2n) is 3.88. The van der Waals surface area contributed by atoms with Crippen LogP contribution in [0.15, 0.2) is 46.9 Å². The molecule has 0 unspecified atom stereocenters. The van der Waals surface area contributed by atoms with E-state index in [2.05, 4.69) is 53.2 Å². The van der Waals surface area contributed by atoms with Gasteiger partial charge in [-0.3, -0.25) is 0 Å². The van der Waals surface area contributed by atoms with E-state index in [-0.39, 0.29) is 0 Å². The Morgan fingerprint density at radius 3 is 2.62 bits per heavy atom. The zero-order chi connectivity index (χ0) is 11.5. The van der Waals surface area contributed by atoms with Crippen molar-refractivity contribution in [1.29, 1.82) is 0 Å². The monoisotopic (exact) mass is 275 g/mol. The molecule has 0 aliphatic carbocycles. The second kappa shape index (κ2) is 4.81. The van der Waals surface area contributed by atoms with Crippen LogP contribution < -0.4 is 5.73 Å². The fourth-order valence-corrected chi connectivity index (χ4v) is 2.19. The summed E-state index contributed by atoms with van der Waals surface area (Å²) in [5.74, 6) is 0. The highest BCUT2D eigenvalue weighted by molar-refractivity contribution is 9.10. The predicted octanol–water partition coefficient (Wildman–Crippen LogP) is 3.88. The molecule has 0 saturated heterocycles. The highest BCUT2D eigenvalue weighted by Crippen LogP contribution is 2.27. The summed E-state index contributed by atoms with van der Waals surface area (Å²) in [6.07, 6.45) is 0. The molecular weight excluding hydrogens is 262 g/mol. The van der Waals surface area contributed by atoms with Crippen LogP contribution in [-0.2, 0) is 6.54 Å². The molecule has 0 atom stereocenters. The Morgan fingerprint density at radius 1 is 1.12 bits per heavy atom. The standard InChI is InChI=1S/C14H14BrN/c1-10-5-6-12(9-16)14(7-10)11-3-2-4-13(15)8-11/h2-8H,9,16H2,1H3. The van der Waals surface area contributed by atoms with E-state index in [0.29, 0.717) is 6.54 Å². The minimum Gasteiger partial charge on any atom is -0.326 e. The number of nitrogens with two attached hydrogens (primary N) is 1. The van der Waals surface area contributed by atoms with E-state index >= 15 is 0 Å². The Balaban J connectivity index is 2.58. The van der Waals surface area contributed by atoms with E-state index in [0.717, 1.165) is 4.47 Å². The Bertz CT molecular complexity index is 506. The highest BCUT2D eigenvalue weighted by atomic mass is 79.9. The molecule has 2 N–H and O–H groups in total. The molecule has 0 spiro atoms. The molecule has 2 heteroatoms. The van der Waals surface area contributed by atoms with Crippen LogP contribution in [-0.4, -0.2) is 0 Å². The average molecular weight is 276 g/mol. The predicted molar refractivity (Wildman–Crippen MR) is 72.2 cm³/mol.